The summed E-state index contributed by atoms with van der Waals surface area (Å²) in [7, 11) is 7.43. The third-order valence-corrected chi connectivity index (χ3v) is 2.64. The smallest absolute Gasteiger partial charge is 0.128 e. The Bertz CT molecular complexity index is 370. The number of halogens is 1. The molecule has 15 heavy (non-hydrogen) atoms. The number of hydrogen-bond acceptors (Lipinski definition) is 2. The van der Waals surface area contributed by atoms with Gasteiger partial charge in [0, 0.05) is 12.1 Å². The molecule has 0 unspecified atom stereocenters. The Balaban J connectivity index is 2.41. The van der Waals surface area contributed by atoms with Crippen LogP contribution in [0.3, 0.4) is 0 Å². The summed E-state index contributed by atoms with van der Waals surface area (Å²) in [5.74, 6) is -0.259. The van der Waals surface area contributed by atoms with Gasteiger partial charge in [0.15, 0.2) is 0 Å². The summed E-state index contributed by atoms with van der Waals surface area (Å²) in [6, 6.07) is 3.19. The molecule has 1 aliphatic rings. The first-order chi connectivity index (χ1) is 7.22. The van der Waals surface area contributed by atoms with E-state index in [0.717, 1.165) is 12.0 Å². The summed E-state index contributed by atoms with van der Waals surface area (Å²) in [5, 5.41) is 3.00. The van der Waals surface area contributed by atoms with Crippen molar-refractivity contribution in [2.24, 2.45) is 0 Å². The van der Waals surface area contributed by atoms with Gasteiger partial charge >= 0.3 is 0 Å². The van der Waals surface area contributed by atoms with Crippen molar-refractivity contribution in [2.75, 3.05) is 20.2 Å². The van der Waals surface area contributed by atoms with Crippen LogP contribution in [0, 0.1) is 5.82 Å². The molecule has 1 N–H and O–H groups in total. The van der Waals surface area contributed by atoms with E-state index in [9.17, 15) is 4.39 Å². The van der Waals surface area contributed by atoms with Crippen molar-refractivity contribution >= 4 is 13.3 Å². The second-order valence-corrected chi connectivity index (χ2v) is 3.74. The Kier molecular flexibility index (Phi) is 3.07. The first kappa shape index (κ1) is 10.6. The van der Waals surface area contributed by atoms with Crippen LogP contribution >= 0.6 is 0 Å². The molecule has 0 aromatic heterocycles. The predicted octanol–water partition coefficient (Wildman–Crippen LogP) is 0.453. The normalized spacial score (nSPS) is 20.0. The molecule has 0 fully saturated rings. The Hall–Kier alpha value is -0.865. The van der Waals surface area contributed by atoms with Gasteiger partial charge in [-0.1, -0.05) is 11.5 Å². The van der Waals surface area contributed by atoms with E-state index in [-0.39, 0.29) is 11.9 Å². The van der Waals surface area contributed by atoms with Gasteiger partial charge in [-0.2, -0.15) is 0 Å². The molecule has 1 aromatic rings. The minimum Gasteiger partial charge on any atom is -0.372 e. The van der Waals surface area contributed by atoms with Crippen LogP contribution in [-0.2, 0) is 11.2 Å². The maximum Gasteiger partial charge on any atom is 0.128 e. The van der Waals surface area contributed by atoms with Gasteiger partial charge in [-0.3, -0.25) is 0 Å². The van der Waals surface area contributed by atoms with Gasteiger partial charge in [0.05, 0.1) is 12.7 Å². The highest BCUT2D eigenvalue weighted by Crippen LogP contribution is 2.28. The van der Waals surface area contributed by atoms with Crippen LogP contribution < -0.4 is 10.8 Å². The monoisotopic (exact) mass is 205 g/mol. The van der Waals surface area contributed by atoms with Crippen LogP contribution in [0.1, 0.15) is 17.2 Å². The Morgan fingerprint density at radius 3 is 3.13 bits per heavy atom. The van der Waals surface area contributed by atoms with Crippen molar-refractivity contribution in [3.63, 3.8) is 0 Å². The number of benzene rings is 1. The third-order valence-electron chi connectivity index (χ3n) is 2.64. The number of hydrogen-bond donors (Lipinski definition) is 1. The fourth-order valence-corrected chi connectivity index (χ4v) is 2.01. The zero-order chi connectivity index (χ0) is 10.8. The lowest BCUT2D eigenvalue weighted by atomic mass is 9.88. The van der Waals surface area contributed by atoms with Gasteiger partial charge in [0.1, 0.15) is 13.7 Å². The second kappa shape index (κ2) is 4.33. The van der Waals surface area contributed by atoms with E-state index in [1.807, 2.05) is 13.1 Å². The summed E-state index contributed by atoms with van der Waals surface area (Å²) in [5.41, 5.74) is 2.11. The molecule has 0 saturated heterocycles. The van der Waals surface area contributed by atoms with Crippen molar-refractivity contribution in [2.45, 2.75) is 12.5 Å². The minimum atomic E-state index is -0.259. The van der Waals surface area contributed by atoms with E-state index in [0.29, 0.717) is 24.2 Å². The summed E-state index contributed by atoms with van der Waals surface area (Å²) in [4.78, 5) is 0. The molecule has 1 aromatic carbocycles. The fourth-order valence-electron chi connectivity index (χ4n) is 2.01. The van der Waals surface area contributed by atoms with Crippen LogP contribution in [0.15, 0.2) is 12.1 Å². The summed E-state index contributed by atoms with van der Waals surface area (Å²) in [6.45, 7) is 1.25. The van der Waals surface area contributed by atoms with E-state index in [1.54, 1.807) is 0 Å². The van der Waals surface area contributed by atoms with Crippen LogP contribution in [0.4, 0.5) is 4.39 Å². The Morgan fingerprint density at radius 1 is 1.60 bits per heavy atom. The molecule has 4 heteroatoms. The van der Waals surface area contributed by atoms with Gasteiger partial charge in [-0.25, -0.2) is 4.39 Å². The van der Waals surface area contributed by atoms with Crippen molar-refractivity contribution in [1.82, 2.24) is 5.32 Å². The highest BCUT2D eigenvalue weighted by molar-refractivity contribution is 6.32. The molecule has 1 atom stereocenters. The van der Waals surface area contributed by atoms with Gasteiger partial charge in [0.25, 0.3) is 0 Å². The maximum atomic E-state index is 13.7. The molecule has 1 aliphatic heterocycles. The number of ether oxygens (including phenoxy) is 1. The topological polar surface area (TPSA) is 21.3 Å². The number of nitrogens with one attached hydrogen (secondary N) is 1. The minimum absolute atomic E-state index is 0.195. The SMILES string of the molecule is [B]c1cc(F)c2c(c1)CCO[C@H]2CNC. The third kappa shape index (κ3) is 2.06. The summed E-state index contributed by atoms with van der Waals surface area (Å²) in [6.07, 6.45) is 0.539. The van der Waals surface area contributed by atoms with Crippen molar-refractivity contribution in [3.05, 3.63) is 29.1 Å². The second-order valence-electron chi connectivity index (χ2n) is 3.74. The number of fused-ring (bicyclic) bond motifs is 1. The van der Waals surface area contributed by atoms with Gasteiger partial charge < -0.3 is 10.1 Å². The molecule has 78 valence electrons. The van der Waals surface area contributed by atoms with Crippen molar-refractivity contribution in [1.29, 1.82) is 0 Å². The highest BCUT2D eigenvalue weighted by Gasteiger charge is 2.23. The molecular formula is C11H13BFNO. The molecule has 2 rings (SSSR count). The standard InChI is InChI=1S/C11H13BFNO/c1-14-6-10-11-7(2-3-15-10)4-8(12)5-9(11)13/h4-5,10,14H,2-3,6H2,1H3/t10-/m0/s1. The highest BCUT2D eigenvalue weighted by atomic mass is 19.1. The molecule has 0 bridgehead atoms. The summed E-state index contributed by atoms with van der Waals surface area (Å²) >= 11 is 0. The predicted molar refractivity (Wildman–Crippen MR) is 58.1 cm³/mol. The van der Waals surface area contributed by atoms with E-state index < -0.39 is 0 Å². The number of rotatable bonds is 2. The molecule has 0 spiro atoms. The van der Waals surface area contributed by atoms with Crippen LogP contribution in [0.5, 0.6) is 0 Å². The largest absolute Gasteiger partial charge is 0.372 e. The molecule has 2 radical (unpaired) electrons. The maximum absolute atomic E-state index is 13.7. The van der Waals surface area contributed by atoms with E-state index in [1.165, 1.54) is 6.07 Å². The van der Waals surface area contributed by atoms with E-state index in [2.05, 4.69) is 5.32 Å². The fraction of sp³-hybridized carbons (Fsp3) is 0.455. The lowest BCUT2D eigenvalue weighted by molar-refractivity contribution is 0.0411. The van der Waals surface area contributed by atoms with Crippen LogP contribution in [-0.4, -0.2) is 28.0 Å². The molecule has 0 amide bonds. The first-order valence-electron chi connectivity index (χ1n) is 5.06. The quantitative estimate of drug-likeness (QED) is 0.708. The molecule has 1 heterocycles. The Labute approximate surface area is 90.2 Å². The van der Waals surface area contributed by atoms with Gasteiger partial charge in [-0.15, -0.1) is 0 Å². The average Bonchev–Trinajstić information content (AvgIpc) is 2.17. The zero-order valence-electron chi connectivity index (χ0n) is 8.72. The van der Waals surface area contributed by atoms with Crippen LogP contribution in [0.2, 0.25) is 0 Å². The molecule has 0 saturated carbocycles. The van der Waals surface area contributed by atoms with Crippen molar-refractivity contribution in [3.8, 4) is 0 Å². The van der Waals surface area contributed by atoms with E-state index in [4.69, 9.17) is 12.6 Å². The summed E-state index contributed by atoms with van der Waals surface area (Å²) < 4.78 is 19.2. The van der Waals surface area contributed by atoms with Gasteiger partial charge in [0.2, 0.25) is 0 Å². The van der Waals surface area contributed by atoms with Gasteiger partial charge in [-0.05, 0) is 25.1 Å². The molecule has 2 nitrogen and oxygen atoms in total. The Morgan fingerprint density at radius 2 is 2.40 bits per heavy atom. The molecular weight excluding hydrogens is 192 g/mol. The zero-order valence-corrected chi connectivity index (χ0v) is 8.72. The first-order valence-corrected chi connectivity index (χ1v) is 5.06. The molecule has 0 aliphatic carbocycles. The lowest BCUT2D eigenvalue weighted by Crippen LogP contribution is -2.27. The van der Waals surface area contributed by atoms with E-state index >= 15 is 0 Å². The lowest BCUT2D eigenvalue weighted by Gasteiger charge is -2.26. The number of likely N-dealkylation sites (N-methyl/N-ethyl adjacent to an activating group) is 1. The van der Waals surface area contributed by atoms with Crippen molar-refractivity contribution < 1.29 is 9.13 Å². The van der Waals surface area contributed by atoms with Crippen LogP contribution in [0.25, 0.3) is 0 Å². The average molecular weight is 205 g/mol.